The summed E-state index contributed by atoms with van der Waals surface area (Å²) < 4.78 is 0. The number of amides is 1. The topological polar surface area (TPSA) is 85.4 Å². The van der Waals surface area contributed by atoms with Crippen LogP contribution in [0.1, 0.15) is 24.5 Å². The molecule has 2 fully saturated rings. The standard InChI is InChI=1S/C25H31N5O/c1-17-14-19(17)25(31)28-23-15-20(21(26)9-8-18-6-4-3-5-7-18)22(27)16-24(23)30-12-10-29(2)11-13-30/h3-9,15-17,19,26H,10-14,27H2,1-2H3,(H,28,31)/b9-8+,26-21?. The molecule has 1 aliphatic heterocycles. The summed E-state index contributed by atoms with van der Waals surface area (Å²) in [5, 5.41) is 11.7. The molecule has 4 N–H and O–H groups in total. The van der Waals surface area contributed by atoms with Crippen LogP contribution < -0.4 is 16.0 Å². The lowest BCUT2D eigenvalue weighted by atomic mass is 10.0. The summed E-state index contributed by atoms with van der Waals surface area (Å²) in [6.07, 6.45) is 4.60. The molecule has 2 unspecified atom stereocenters. The molecular formula is C25H31N5O. The van der Waals surface area contributed by atoms with Gasteiger partial charge in [0.2, 0.25) is 5.91 Å². The Balaban J connectivity index is 1.63. The highest BCUT2D eigenvalue weighted by Gasteiger charge is 2.39. The summed E-state index contributed by atoms with van der Waals surface area (Å²) in [6.45, 7) is 5.78. The van der Waals surface area contributed by atoms with Crippen LogP contribution in [0.15, 0.2) is 48.5 Å². The van der Waals surface area contributed by atoms with Crippen LogP contribution in [0.5, 0.6) is 0 Å². The van der Waals surface area contributed by atoms with Gasteiger partial charge in [-0.3, -0.25) is 4.79 Å². The summed E-state index contributed by atoms with van der Waals surface area (Å²) in [4.78, 5) is 17.3. The number of nitrogen functional groups attached to an aromatic ring is 1. The molecule has 162 valence electrons. The molecule has 1 heterocycles. The summed E-state index contributed by atoms with van der Waals surface area (Å²) in [7, 11) is 2.12. The van der Waals surface area contributed by atoms with E-state index >= 15 is 0 Å². The zero-order valence-corrected chi connectivity index (χ0v) is 18.3. The Morgan fingerprint density at radius 1 is 1.16 bits per heavy atom. The van der Waals surface area contributed by atoms with Crippen LogP contribution in [0.25, 0.3) is 6.08 Å². The van der Waals surface area contributed by atoms with E-state index in [1.54, 1.807) is 6.08 Å². The predicted octanol–water partition coefficient (Wildman–Crippen LogP) is 3.70. The van der Waals surface area contributed by atoms with Crippen molar-refractivity contribution < 1.29 is 4.79 Å². The van der Waals surface area contributed by atoms with Gasteiger partial charge in [-0.2, -0.15) is 0 Å². The average Bonchev–Trinajstić information content (AvgIpc) is 3.51. The van der Waals surface area contributed by atoms with E-state index in [2.05, 4.69) is 29.1 Å². The first kappa shape index (κ1) is 21.1. The molecule has 31 heavy (non-hydrogen) atoms. The van der Waals surface area contributed by atoms with E-state index in [1.807, 2.05) is 48.5 Å². The molecule has 4 rings (SSSR count). The molecule has 1 aliphatic carbocycles. The lowest BCUT2D eigenvalue weighted by Crippen LogP contribution is -2.44. The maximum absolute atomic E-state index is 12.7. The molecule has 6 nitrogen and oxygen atoms in total. The molecule has 2 aromatic rings. The molecule has 6 heteroatoms. The first-order valence-corrected chi connectivity index (χ1v) is 10.9. The van der Waals surface area contributed by atoms with E-state index in [4.69, 9.17) is 11.1 Å². The largest absolute Gasteiger partial charge is 0.398 e. The Morgan fingerprint density at radius 2 is 1.84 bits per heavy atom. The molecule has 1 saturated heterocycles. The van der Waals surface area contributed by atoms with Crippen molar-refractivity contribution in [3.8, 4) is 0 Å². The van der Waals surface area contributed by atoms with Gasteiger partial charge < -0.3 is 26.3 Å². The first-order valence-electron chi connectivity index (χ1n) is 10.9. The van der Waals surface area contributed by atoms with Crippen LogP contribution >= 0.6 is 0 Å². The van der Waals surface area contributed by atoms with E-state index in [0.717, 1.165) is 49.5 Å². The van der Waals surface area contributed by atoms with Crippen LogP contribution in [-0.4, -0.2) is 49.7 Å². The minimum absolute atomic E-state index is 0.0601. The van der Waals surface area contributed by atoms with Gasteiger partial charge in [0.1, 0.15) is 0 Å². The second-order valence-electron chi connectivity index (χ2n) is 8.71. The average molecular weight is 418 g/mol. The smallest absolute Gasteiger partial charge is 0.227 e. The lowest BCUT2D eigenvalue weighted by molar-refractivity contribution is -0.117. The van der Waals surface area contributed by atoms with E-state index in [0.29, 0.717) is 22.9 Å². The number of nitrogens with one attached hydrogen (secondary N) is 2. The van der Waals surface area contributed by atoms with Gasteiger partial charge in [-0.15, -0.1) is 0 Å². The Hall–Kier alpha value is -3.12. The van der Waals surface area contributed by atoms with Crippen molar-refractivity contribution >= 4 is 34.8 Å². The van der Waals surface area contributed by atoms with Crippen LogP contribution in [0, 0.1) is 17.2 Å². The van der Waals surface area contributed by atoms with E-state index < -0.39 is 0 Å². The van der Waals surface area contributed by atoms with Crippen LogP contribution in [-0.2, 0) is 4.79 Å². The maximum Gasteiger partial charge on any atom is 0.227 e. The van der Waals surface area contributed by atoms with Crippen LogP contribution in [0.3, 0.4) is 0 Å². The summed E-state index contributed by atoms with van der Waals surface area (Å²) in [5.74, 6) is 0.580. The van der Waals surface area contributed by atoms with Crippen molar-refractivity contribution in [1.82, 2.24) is 4.90 Å². The fourth-order valence-electron chi connectivity index (χ4n) is 3.99. The summed E-state index contributed by atoms with van der Waals surface area (Å²) in [6, 6.07) is 13.7. The van der Waals surface area contributed by atoms with Gasteiger partial charge >= 0.3 is 0 Å². The van der Waals surface area contributed by atoms with Gasteiger partial charge in [-0.1, -0.05) is 43.3 Å². The Bertz CT molecular complexity index is 992. The minimum atomic E-state index is 0.0601. The second kappa shape index (κ2) is 8.94. The Labute approximate surface area is 184 Å². The minimum Gasteiger partial charge on any atom is -0.398 e. The molecule has 1 amide bonds. The number of hydrogen-bond donors (Lipinski definition) is 3. The van der Waals surface area contributed by atoms with Crippen molar-refractivity contribution in [2.45, 2.75) is 13.3 Å². The molecule has 0 aromatic heterocycles. The summed E-state index contributed by atoms with van der Waals surface area (Å²) in [5.41, 5.74) is 10.6. The fourth-order valence-corrected chi connectivity index (χ4v) is 3.99. The highest BCUT2D eigenvalue weighted by atomic mass is 16.2. The number of allylic oxidation sites excluding steroid dienone is 1. The number of carbonyl (C=O) groups is 1. The van der Waals surface area contributed by atoms with Gasteiger partial charge in [-0.25, -0.2) is 0 Å². The fraction of sp³-hybridized carbons (Fsp3) is 0.360. The third kappa shape index (κ3) is 4.97. The van der Waals surface area contributed by atoms with Crippen molar-refractivity contribution in [2.24, 2.45) is 11.8 Å². The van der Waals surface area contributed by atoms with E-state index in [1.165, 1.54) is 0 Å². The van der Waals surface area contributed by atoms with Gasteiger partial charge in [0.05, 0.1) is 17.1 Å². The first-order chi connectivity index (χ1) is 14.9. The molecule has 0 bridgehead atoms. The van der Waals surface area contributed by atoms with Crippen molar-refractivity contribution in [3.63, 3.8) is 0 Å². The number of nitrogens with zero attached hydrogens (tertiary/aromatic N) is 2. The van der Waals surface area contributed by atoms with Crippen LogP contribution in [0.2, 0.25) is 0 Å². The number of nitrogens with two attached hydrogens (primary N) is 1. The number of benzene rings is 2. The number of anilines is 3. The van der Waals surface area contributed by atoms with E-state index in [-0.39, 0.29) is 11.8 Å². The second-order valence-corrected chi connectivity index (χ2v) is 8.71. The van der Waals surface area contributed by atoms with Crippen molar-refractivity contribution in [1.29, 1.82) is 5.41 Å². The molecule has 0 radical (unpaired) electrons. The number of rotatable bonds is 6. The maximum atomic E-state index is 12.7. The van der Waals surface area contributed by atoms with Gasteiger partial charge in [0, 0.05) is 43.3 Å². The summed E-state index contributed by atoms with van der Waals surface area (Å²) >= 11 is 0. The molecule has 2 aromatic carbocycles. The van der Waals surface area contributed by atoms with Gasteiger partial charge in [-0.05, 0) is 43.2 Å². The zero-order valence-electron chi connectivity index (χ0n) is 18.3. The third-order valence-electron chi connectivity index (χ3n) is 6.25. The highest BCUT2D eigenvalue weighted by molar-refractivity contribution is 6.13. The van der Waals surface area contributed by atoms with E-state index in [9.17, 15) is 4.79 Å². The Morgan fingerprint density at radius 3 is 2.48 bits per heavy atom. The lowest BCUT2D eigenvalue weighted by Gasteiger charge is -2.35. The number of piperazine rings is 1. The highest BCUT2D eigenvalue weighted by Crippen LogP contribution is 2.40. The third-order valence-corrected chi connectivity index (χ3v) is 6.25. The number of hydrogen-bond acceptors (Lipinski definition) is 5. The van der Waals surface area contributed by atoms with Gasteiger partial charge in [0.25, 0.3) is 0 Å². The SMILES string of the molecule is CC1CC1C(=O)Nc1cc(C(=N)/C=C/c2ccccc2)c(N)cc1N1CCN(C)CC1. The van der Waals surface area contributed by atoms with Crippen molar-refractivity contribution in [3.05, 3.63) is 59.7 Å². The molecule has 2 aliphatic rings. The normalized spacial score (nSPS) is 21.3. The zero-order chi connectivity index (χ0) is 22.0. The molecule has 1 saturated carbocycles. The molecular weight excluding hydrogens is 386 g/mol. The number of likely N-dealkylation sites (N-methyl/N-ethyl adjacent to an activating group) is 1. The van der Waals surface area contributed by atoms with Gasteiger partial charge in [0.15, 0.2) is 0 Å². The molecule has 0 spiro atoms. The monoisotopic (exact) mass is 417 g/mol. The van der Waals surface area contributed by atoms with Crippen LogP contribution in [0.4, 0.5) is 17.1 Å². The predicted molar refractivity (Wildman–Crippen MR) is 129 cm³/mol. The quantitative estimate of drug-likeness (QED) is 0.494. The number of carbonyl (C=O) groups excluding carboxylic acids is 1. The van der Waals surface area contributed by atoms with Crippen molar-refractivity contribution in [2.75, 3.05) is 49.2 Å². The molecule has 2 atom stereocenters. The Kier molecular flexibility index (Phi) is 6.09.